The highest BCUT2D eigenvalue weighted by atomic mass is 16.1. The van der Waals surface area contributed by atoms with Crippen molar-refractivity contribution >= 4 is 33.7 Å². The zero-order valence-electron chi connectivity index (χ0n) is 12.0. The van der Waals surface area contributed by atoms with Crippen LogP contribution >= 0.6 is 0 Å². The Morgan fingerprint density at radius 1 is 1.05 bits per heavy atom. The van der Waals surface area contributed by atoms with Crippen LogP contribution in [0, 0.1) is 0 Å². The van der Waals surface area contributed by atoms with Crippen LogP contribution in [0.2, 0.25) is 0 Å². The van der Waals surface area contributed by atoms with E-state index in [0.717, 1.165) is 21.8 Å². The average Bonchev–Trinajstić information content (AvgIpc) is 2.81. The molecule has 2 aromatic carbocycles. The number of nitrogens with zero attached hydrogens (tertiary/aromatic N) is 2. The second-order valence-corrected chi connectivity index (χ2v) is 5.03. The van der Waals surface area contributed by atoms with Gasteiger partial charge in [-0.2, -0.15) is 4.99 Å². The number of fused-ring (bicyclic) bond motifs is 3. The standard InChI is InChI=1S/C16H17N5O/c17-7-8-21-13-4-2-1-3-11(13)12-6-5-10(9-14(12)21)15(22)20-16(18)19/h1-6,9H,7-8,17H2,(H4,18,19,20,22). The maximum absolute atomic E-state index is 12.0. The molecule has 0 bridgehead atoms. The van der Waals surface area contributed by atoms with Crippen molar-refractivity contribution in [2.45, 2.75) is 6.54 Å². The number of carbonyl (C=O) groups is 1. The van der Waals surface area contributed by atoms with Crippen LogP contribution < -0.4 is 17.2 Å². The summed E-state index contributed by atoms with van der Waals surface area (Å²) in [5.74, 6) is -0.695. The summed E-state index contributed by atoms with van der Waals surface area (Å²) in [6.07, 6.45) is 0. The largest absolute Gasteiger partial charge is 0.370 e. The van der Waals surface area contributed by atoms with Crippen LogP contribution in [-0.2, 0) is 6.54 Å². The van der Waals surface area contributed by atoms with Gasteiger partial charge in [0.15, 0.2) is 5.96 Å². The lowest BCUT2D eigenvalue weighted by molar-refractivity contribution is 0.100. The van der Waals surface area contributed by atoms with Gasteiger partial charge in [-0.05, 0) is 18.2 Å². The van der Waals surface area contributed by atoms with E-state index in [-0.39, 0.29) is 5.96 Å². The van der Waals surface area contributed by atoms with Gasteiger partial charge >= 0.3 is 0 Å². The molecule has 22 heavy (non-hydrogen) atoms. The summed E-state index contributed by atoms with van der Waals surface area (Å²) in [4.78, 5) is 15.6. The van der Waals surface area contributed by atoms with Crippen LogP contribution in [-0.4, -0.2) is 23.0 Å². The Labute approximate surface area is 127 Å². The maximum atomic E-state index is 12.0. The summed E-state index contributed by atoms with van der Waals surface area (Å²) < 4.78 is 2.11. The van der Waals surface area contributed by atoms with E-state index in [4.69, 9.17) is 17.2 Å². The number of aliphatic imine (C=N–C) groups is 1. The van der Waals surface area contributed by atoms with Gasteiger partial charge in [-0.1, -0.05) is 24.3 Å². The highest BCUT2D eigenvalue weighted by Crippen LogP contribution is 2.29. The Balaban J connectivity index is 2.27. The second-order valence-electron chi connectivity index (χ2n) is 5.03. The summed E-state index contributed by atoms with van der Waals surface area (Å²) >= 11 is 0. The first kappa shape index (κ1) is 14.1. The molecule has 6 heteroatoms. The van der Waals surface area contributed by atoms with E-state index in [1.165, 1.54) is 0 Å². The molecule has 1 heterocycles. The van der Waals surface area contributed by atoms with E-state index in [1.807, 2.05) is 24.3 Å². The Kier molecular flexibility index (Phi) is 3.52. The number of benzene rings is 2. The van der Waals surface area contributed by atoms with Crippen molar-refractivity contribution in [3.63, 3.8) is 0 Å². The number of para-hydroxylation sites is 1. The predicted molar refractivity (Wildman–Crippen MR) is 88.6 cm³/mol. The molecule has 0 unspecified atom stereocenters. The Hall–Kier alpha value is -2.86. The van der Waals surface area contributed by atoms with Crippen LogP contribution in [0.25, 0.3) is 21.8 Å². The predicted octanol–water partition coefficient (Wildman–Crippen LogP) is 1.17. The molecule has 112 valence electrons. The van der Waals surface area contributed by atoms with Crippen molar-refractivity contribution in [3.8, 4) is 0 Å². The Morgan fingerprint density at radius 2 is 1.77 bits per heavy atom. The average molecular weight is 295 g/mol. The zero-order chi connectivity index (χ0) is 15.7. The number of hydrogen-bond acceptors (Lipinski definition) is 2. The highest BCUT2D eigenvalue weighted by Gasteiger charge is 2.12. The van der Waals surface area contributed by atoms with Crippen LogP contribution in [0.5, 0.6) is 0 Å². The van der Waals surface area contributed by atoms with Gasteiger partial charge in [0.25, 0.3) is 5.91 Å². The molecule has 1 aromatic heterocycles. The lowest BCUT2D eigenvalue weighted by atomic mass is 10.1. The number of hydrogen-bond donors (Lipinski definition) is 3. The topological polar surface area (TPSA) is 112 Å². The molecule has 0 radical (unpaired) electrons. The van der Waals surface area contributed by atoms with E-state index >= 15 is 0 Å². The number of amides is 1. The van der Waals surface area contributed by atoms with Gasteiger partial charge in [-0.25, -0.2) is 0 Å². The van der Waals surface area contributed by atoms with Crippen molar-refractivity contribution in [2.75, 3.05) is 6.54 Å². The third-order valence-corrected chi connectivity index (χ3v) is 3.60. The van der Waals surface area contributed by atoms with Crippen LogP contribution in [0.4, 0.5) is 0 Å². The fraction of sp³-hybridized carbons (Fsp3) is 0.125. The number of aromatic nitrogens is 1. The molecule has 3 aromatic rings. The van der Waals surface area contributed by atoms with Crippen molar-refractivity contribution in [2.24, 2.45) is 22.2 Å². The lowest BCUT2D eigenvalue weighted by Crippen LogP contribution is -2.24. The van der Waals surface area contributed by atoms with Crippen LogP contribution in [0.1, 0.15) is 10.4 Å². The number of guanidine groups is 1. The highest BCUT2D eigenvalue weighted by molar-refractivity contribution is 6.11. The SMILES string of the molecule is NCCn1c2ccccc2c2ccc(C(=O)N=C(N)N)cc21. The molecule has 6 N–H and O–H groups in total. The maximum Gasteiger partial charge on any atom is 0.280 e. The molecule has 0 saturated carbocycles. The third kappa shape index (κ3) is 2.29. The Bertz CT molecular complexity index is 890. The first-order chi connectivity index (χ1) is 10.6. The van der Waals surface area contributed by atoms with Gasteiger partial charge in [0.2, 0.25) is 0 Å². The van der Waals surface area contributed by atoms with Gasteiger partial charge in [0, 0.05) is 40.5 Å². The summed E-state index contributed by atoms with van der Waals surface area (Å²) in [7, 11) is 0. The van der Waals surface area contributed by atoms with Gasteiger partial charge in [-0.3, -0.25) is 4.79 Å². The third-order valence-electron chi connectivity index (χ3n) is 3.60. The quantitative estimate of drug-likeness (QED) is 0.497. The van der Waals surface area contributed by atoms with Gasteiger partial charge < -0.3 is 21.8 Å². The van der Waals surface area contributed by atoms with Crippen molar-refractivity contribution in [3.05, 3.63) is 48.0 Å². The van der Waals surface area contributed by atoms with E-state index in [2.05, 4.69) is 15.6 Å². The van der Waals surface area contributed by atoms with E-state index in [1.54, 1.807) is 12.1 Å². The second kappa shape index (κ2) is 5.50. The normalized spacial score (nSPS) is 11.0. The van der Waals surface area contributed by atoms with E-state index in [9.17, 15) is 4.79 Å². The fourth-order valence-electron chi connectivity index (χ4n) is 2.73. The molecular formula is C16H17N5O. The minimum absolute atomic E-state index is 0.243. The molecular weight excluding hydrogens is 278 g/mol. The monoisotopic (exact) mass is 295 g/mol. The van der Waals surface area contributed by atoms with Crippen molar-refractivity contribution in [1.29, 1.82) is 0 Å². The van der Waals surface area contributed by atoms with E-state index in [0.29, 0.717) is 18.7 Å². The first-order valence-corrected chi connectivity index (χ1v) is 6.97. The molecule has 6 nitrogen and oxygen atoms in total. The zero-order valence-corrected chi connectivity index (χ0v) is 12.0. The minimum atomic E-state index is -0.452. The molecule has 0 spiro atoms. The van der Waals surface area contributed by atoms with Crippen LogP contribution in [0.3, 0.4) is 0 Å². The molecule has 0 saturated heterocycles. The molecule has 0 aliphatic heterocycles. The summed E-state index contributed by atoms with van der Waals surface area (Å²) in [5, 5.41) is 2.21. The summed E-state index contributed by atoms with van der Waals surface area (Å²) in [5.41, 5.74) is 18.7. The molecule has 1 amide bonds. The molecule has 0 aliphatic carbocycles. The number of rotatable bonds is 3. The van der Waals surface area contributed by atoms with Crippen molar-refractivity contribution < 1.29 is 4.79 Å². The molecule has 3 rings (SSSR count). The number of carbonyl (C=O) groups excluding carboxylic acids is 1. The fourth-order valence-corrected chi connectivity index (χ4v) is 2.73. The van der Waals surface area contributed by atoms with Gasteiger partial charge in [0.1, 0.15) is 0 Å². The number of nitrogens with two attached hydrogens (primary N) is 3. The minimum Gasteiger partial charge on any atom is -0.370 e. The van der Waals surface area contributed by atoms with Crippen molar-refractivity contribution in [1.82, 2.24) is 4.57 Å². The van der Waals surface area contributed by atoms with Gasteiger partial charge in [0.05, 0.1) is 0 Å². The molecule has 0 atom stereocenters. The van der Waals surface area contributed by atoms with E-state index < -0.39 is 5.91 Å². The first-order valence-electron chi connectivity index (χ1n) is 6.97. The summed E-state index contributed by atoms with van der Waals surface area (Å²) in [6.45, 7) is 1.18. The molecule has 0 fully saturated rings. The smallest absolute Gasteiger partial charge is 0.280 e. The Morgan fingerprint density at radius 3 is 2.50 bits per heavy atom. The van der Waals surface area contributed by atoms with Gasteiger partial charge in [-0.15, -0.1) is 0 Å². The lowest BCUT2D eigenvalue weighted by Gasteiger charge is -2.05. The summed E-state index contributed by atoms with van der Waals surface area (Å²) in [6, 6.07) is 13.5. The van der Waals surface area contributed by atoms with Crippen LogP contribution in [0.15, 0.2) is 47.5 Å². The molecule has 0 aliphatic rings.